The minimum atomic E-state index is -2.82. The van der Waals surface area contributed by atoms with Gasteiger partial charge in [0.1, 0.15) is 31.0 Å². The lowest BCUT2D eigenvalue weighted by molar-refractivity contribution is -0.234. The molecule has 3 aromatic rings. The van der Waals surface area contributed by atoms with Crippen molar-refractivity contribution in [3.63, 3.8) is 0 Å². The molecule has 2 fully saturated rings. The Bertz CT molecular complexity index is 1380. The summed E-state index contributed by atoms with van der Waals surface area (Å²) in [6.45, 7) is 11.5. The molecular formula is C35H40O6Si. The minimum absolute atomic E-state index is 0.177. The van der Waals surface area contributed by atoms with Crippen LogP contribution in [-0.4, -0.2) is 58.0 Å². The number of fused-ring (bicyclic) bond motifs is 4. The van der Waals surface area contributed by atoms with Gasteiger partial charge in [-0.15, -0.1) is 0 Å². The summed E-state index contributed by atoms with van der Waals surface area (Å²) in [6.07, 6.45) is -2.30. The fraction of sp³-hybridized carbons (Fsp3) is 0.429. The molecular weight excluding hydrogens is 544 g/mol. The van der Waals surface area contributed by atoms with E-state index in [2.05, 4.69) is 93.3 Å². The first kappa shape index (κ1) is 29.3. The van der Waals surface area contributed by atoms with Crippen molar-refractivity contribution in [2.75, 3.05) is 13.2 Å². The summed E-state index contributed by atoms with van der Waals surface area (Å²) >= 11 is 0. The first-order valence-electron chi connectivity index (χ1n) is 14.7. The molecule has 0 unspecified atom stereocenters. The second kappa shape index (κ2) is 11.7. The van der Waals surface area contributed by atoms with Gasteiger partial charge in [0.15, 0.2) is 12.1 Å². The second-order valence-corrected chi connectivity index (χ2v) is 16.9. The number of ether oxygens (including phenoxy) is 5. The molecule has 0 aromatic heterocycles. The van der Waals surface area contributed by atoms with Crippen LogP contribution >= 0.6 is 0 Å². The maximum Gasteiger partial charge on any atom is 0.261 e. The van der Waals surface area contributed by atoms with Crippen molar-refractivity contribution >= 4 is 18.7 Å². The topological polar surface area (TPSA) is 55.4 Å². The average Bonchev–Trinajstić information content (AvgIpc) is 3.44. The molecule has 6 rings (SSSR count). The van der Waals surface area contributed by atoms with Crippen LogP contribution in [0.2, 0.25) is 5.04 Å². The second-order valence-electron chi connectivity index (χ2n) is 12.6. The van der Waals surface area contributed by atoms with Crippen molar-refractivity contribution < 1.29 is 28.1 Å². The van der Waals surface area contributed by atoms with Crippen molar-refractivity contribution in [3.8, 4) is 11.8 Å². The van der Waals surface area contributed by atoms with Gasteiger partial charge in [-0.25, -0.2) is 0 Å². The molecule has 2 saturated heterocycles. The lowest BCUT2D eigenvalue weighted by Crippen LogP contribution is -2.67. The van der Waals surface area contributed by atoms with E-state index in [9.17, 15) is 0 Å². The standard InChI is InChI=1S/C35H40O6Si/c1-34(2,3)42(27-18-8-6-9-19-27,28-20-10-7-11-21-28)38-24-29-30-31(32-33(39-30)41-35(4,5)40-32)37-23-26-16-13-12-15-25(26)17-14-22-36-29/h6-13,15-16,18-21,29-33H,22-24H2,1-5H3/t29-,30-,31+,32-,33-/m1/s1. The number of hydrogen-bond donors (Lipinski definition) is 0. The Morgan fingerprint density at radius 3 is 2.12 bits per heavy atom. The van der Waals surface area contributed by atoms with Gasteiger partial charge in [-0.3, -0.25) is 0 Å². The van der Waals surface area contributed by atoms with Gasteiger partial charge in [-0.2, -0.15) is 0 Å². The zero-order valence-electron chi connectivity index (χ0n) is 25.0. The average molecular weight is 585 g/mol. The Morgan fingerprint density at radius 1 is 0.810 bits per heavy atom. The highest BCUT2D eigenvalue weighted by Crippen LogP contribution is 2.42. The fourth-order valence-electron chi connectivity index (χ4n) is 6.43. The minimum Gasteiger partial charge on any atom is -0.405 e. The van der Waals surface area contributed by atoms with Crippen LogP contribution in [0.4, 0.5) is 0 Å². The Morgan fingerprint density at radius 2 is 1.45 bits per heavy atom. The lowest BCUT2D eigenvalue weighted by atomic mass is 10.1. The summed E-state index contributed by atoms with van der Waals surface area (Å²) in [5, 5.41) is 2.24. The van der Waals surface area contributed by atoms with Gasteiger partial charge in [0.2, 0.25) is 0 Å². The molecule has 220 valence electrons. The molecule has 0 bridgehead atoms. The maximum absolute atomic E-state index is 7.29. The predicted molar refractivity (Wildman–Crippen MR) is 164 cm³/mol. The highest BCUT2D eigenvalue weighted by molar-refractivity contribution is 6.99. The van der Waals surface area contributed by atoms with Crippen LogP contribution in [0.15, 0.2) is 84.9 Å². The third-order valence-corrected chi connectivity index (χ3v) is 13.3. The first-order chi connectivity index (χ1) is 20.2. The molecule has 3 aliphatic heterocycles. The van der Waals surface area contributed by atoms with E-state index in [-0.39, 0.29) is 11.6 Å². The van der Waals surface area contributed by atoms with E-state index in [1.54, 1.807) is 0 Å². The van der Waals surface area contributed by atoms with Gasteiger partial charge < -0.3 is 28.1 Å². The third kappa shape index (κ3) is 5.61. The van der Waals surface area contributed by atoms with Gasteiger partial charge in [0.05, 0.1) is 13.2 Å². The van der Waals surface area contributed by atoms with E-state index in [0.29, 0.717) is 13.2 Å². The lowest BCUT2D eigenvalue weighted by Gasteiger charge is -2.44. The normalized spacial score (nSPS) is 27.1. The highest BCUT2D eigenvalue weighted by Gasteiger charge is 2.58. The van der Waals surface area contributed by atoms with E-state index in [4.69, 9.17) is 28.1 Å². The van der Waals surface area contributed by atoms with Crippen LogP contribution in [0, 0.1) is 11.8 Å². The molecule has 42 heavy (non-hydrogen) atoms. The predicted octanol–water partition coefficient (Wildman–Crippen LogP) is 4.78. The molecule has 0 N–H and O–H groups in total. The van der Waals surface area contributed by atoms with Gasteiger partial charge >= 0.3 is 0 Å². The summed E-state index contributed by atoms with van der Waals surface area (Å²) in [6, 6.07) is 29.3. The zero-order chi connectivity index (χ0) is 29.4. The van der Waals surface area contributed by atoms with Crippen LogP contribution in [0.25, 0.3) is 0 Å². The molecule has 3 heterocycles. The van der Waals surface area contributed by atoms with Crippen molar-refractivity contribution in [1.82, 2.24) is 0 Å². The quantitative estimate of drug-likeness (QED) is 0.318. The smallest absolute Gasteiger partial charge is 0.261 e. The maximum atomic E-state index is 7.29. The molecule has 0 amide bonds. The third-order valence-electron chi connectivity index (χ3n) is 8.32. The Kier molecular flexibility index (Phi) is 8.16. The van der Waals surface area contributed by atoms with Crippen LogP contribution in [0.5, 0.6) is 0 Å². The van der Waals surface area contributed by atoms with Crippen molar-refractivity contribution in [3.05, 3.63) is 96.1 Å². The Hall–Kier alpha value is -2.80. The van der Waals surface area contributed by atoms with Crippen molar-refractivity contribution in [2.45, 2.75) is 82.8 Å². The van der Waals surface area contributed by atoms with Gasteiger partial charge in [0.25, 0.3) is 8.32 Å². The fourth-order valence-corrected chi connectivity index (χ4v) is 11.0. The summed E-state index contributed by atoms with van der Waals surface area (Å²) < 4.78 is 39.4. The number of hydrogen-bond acceptors (Lipinski definition) is 6. The summed E-state index contributed by atoms with van der Waals surface area (Å²) in [5.41, 5.74) is 1.95. The van der Waals surface area contributed by atoms with Crippen LogP contribution in [0.3, 0.4) is 0 Å². The summed E-state index contributed by atoms with van der Waals surface area (Å²) in [4.78, 5) is 0. The summed E-state index contributed by atoms with van der Waals surface area (Å²) in [5.74, 6) is 5.72. The molecule has 3 aromatic carbocycles. The Labute approximate surface area is 250 Å². The van der Waals surface area contributed by atoms with Gasteiger partial charge in [0, 0.05) is 5.56 Å². The van der Waals surface area contributed by atoms with Crippen LogP contribution in [0.1, 0.15) is 45.7 Å². The monoisotopic (exact) mass is 584 g/mol. The molecule has 0 aliphatic carbocycles. The highest BCUT2D eigenvalue weighted by atomic mass is 28.4. The molecule has 5 atom stereocenters. The SMILES string of the molecule is CC1(C)O[C@H]2O[C@H]3[C@H](OCc4ccccc4C#CCO[C@@H]3CO[Si](c3ccccc3)(c3ccccc3)C(C)(C)C)[C@H]2O1. The van der Waals surface area contributed by atoms with E-state index >= 15 is 0 Å². The molecule has 3 aliphatic rings. The molecule has 0 spiro atoms. The van der Waals surface area contributed by atoms with Crippen LogP contribution < -0.4 is 10.4 Å². The zero-order valence-corrected chi connectivity index (χ0v) is 26.0. The van der Waals surface area contributed by atoms with E-state index in [1.165, 1.54) is 10.4 Å². The number of benzene rings is 3. The largest absolute Gasteiger partial charge is 0.405 e. The first-order valence-corrected chi connectivity index (χ1v) is 16.6. The molecule has 0 saturated carbocycles. The number of rotatable bonds is 5. The van der Waals surface area contributed by atoms with E-state index < -0.39 is 44.8 Å². The summed E-state index contributed by atoms with van der Waals surface area (Å²) in [7, 11) is -2.82. The van der Waals surface area contributed by atoms with Crippen molar-refractivity contribution in [2.24, 2.45) is 0 Å². The van der Waals surface area contributed by atoms with Gasteiger partial charge in [-0.05, 0) is 40.9 Å². The molecule has 0 radical (unpaired) electrons. The molecule has 7 heteroatoms. The van der Waals surface area contributed by atoms with E-state index in [1.807, 2.05) is 38.1 Å². The Balaban J connectivity index is 1.37. The molecule has 6 nitrogen and oxygen atoms in total. The van der Waals surface area contributed by atoms with Crippen molar-refractivity contribution in [1.29, 1.82) is 0 Å². The van der Waals surface area contributed by atoms with Crippen LogP contribution in [-0.2, 0) is 34.7 Å². The van der Waals surface area contributed by atoms with Gasteiger partial charge in [-0.1, -0.05) is 111 Å². The van der Waals surface area contributed by atoms with E-state index in [0.717, 1.165) is 11.1 Å².